The van der Waals surface area contributed by atoms with Crippen molar-refractivity contribution in [3.8, 4) is 5.69 Å². The van der Waals surface area contributed by atoms with Crippen molar-refractivity contribution < 1.29 is 13.2 Å². The van der Waals surface area contributed by atoms with Crippen molar-refractivity contribution in [1.29, 1.82) is 0 Å². The summed E-state index contributed by atoms with van der Waals surface area (Å²) in [5.41, 5.74) is 6.56. The number of hydrogen-bond acceptors (Lipinski definition) is 4. The van der Waals surface area contributed by atoms with Crippen LogP contribution in [-0.2, 0) is 14.8 Å². The van der Waals surface area contributed by atoms with Crippen LogP contribution < -0.4 is 9.73 Å². The minimum Gasteiger partial charge on any atom is -0.318 e. The zero-order valence-corrected chi connectivity index (χ0v) is 23.8. The Hall–Kier alpha value is -3.15. The molecule has 0 atom stereocenters. The van der Waals surface area contributed by atoms with Gasteiger partial charge in [-0.1, -0.05) is 29.8 Å². The number of benzene rings is 3. The van der Waals surface area contributed by atoms with Crippen LogP contribution in [-0.4, -0.2) is 31.7 Å². The highest BCUT2D eigenvalue weighted by Crippen LogP contribution is 2.25. The molecule has 4 aromatic rings. The summed E-state index contributed by atoms with van der Waals surface area (Å²) in [5, 5.41) is 4.76. The van der Waals surface area contributed by atoms with Crippen molar-refractivity contribution in [3.05, 3.63) is 110 Å². The van der Waals surface area contributed by atoms with Crippen molar-refractivity contribution in [2.24, 2.45) is 5.10 Å². The Morgan fingerprint density at radius 1 is 1.03 bits per heavy atom. The van der Waals surface area contributed by atoms with E-state index in [1.54, 1.807) is 48.7 Å². The molecule has 0 spiro atoms. The molecule has 1 N–H and O–H groups in total. The first kappa shape index (κ1) is 26.9. The molecule has 0 aliphatic heterocycles. The molecule has 10 heteroatoms. The zero-order valence-electron chi connectivity index (χ0n) is 20.1. The van der Waals surface area contributed by atoms with Crippen molar-refractivity contribution in [2.75, 3.05) is 10.8 Å². The van der Waals surface area contributed by atoms with Crippen LogP contribution in [0.15, 0.2) is 94.9 Å². The molecule has 3 aromatic carbocycles. The van der Waals surface area contributed by atoms with E-state index in [1.807, 2.05) is 44.2 Å². The van der Waals surface area contributed by atoms with Gasteiger partial charge < -0.3 is 4.57 Å². The van der Waals surface area contributed by atoms with Gasteiger partial charge in [-0.2, -0.15) is 5.10 Å². The third-order valence-corrected chi connectivity index (χ3v) is 8.44. The molecule has 0 saturated carbocycles. The van der Waals surface area contributed by atoms with Crippen LogP contribution in [0.25, 0.3) is 5.69 Å². The van der Waals surface area contributed by atoms with Gasteiger partial charge in [0.05, 0.1) is 16.8 Å². The molecule has 0 saturated heterocycles. The monoisotopic (exact) mass is 646 g/mol. The van der Waals surface area contributed by atoms with E-state index >= 15 is 0 Å². The van der Waals surface area contributed by atoms with Gasteiger partial charge in [-0.3, -0.25) is 9.10 Å². The molecule has 7 nitrogen and oxygen atoms in total. The lowest BCUT2D eigenvalue weighted by atomic mass is 10.2. The molecule has 1 heterocycles. The lowest BCUT2D eigenvalue weighted by Gasteiger charge is -2.23. The smallest absolute Gasteiger partial charge is 0.264 e. The molecule has 0 fully saturated rings. The van der Waals surface area contributed by atoms with Gasteiger partial charge in [0.1, 0.15) is 6.54 Å². The van der Waals surface area contributed by atoms with Gasteiger partial charge in [0.15, 0.2) is 0 Å². The molecule has 0 aliphatic carbocycles. The number of anilines is 1. The van der Waals surface area contributed by atoms with Crippen LogP contribution >= 0.6 is 34.2 Å². The van der Waals surface area contributed by atoms with Gasteiger partial charge in [-0.25, -0.2) is 13.8 Å². The predicted molar refractivity (Wildman–Crippen MR) is 156 cm³/mol. The third-order valence-electron chi connectivity index (χ3n) is 5.68. The first-order valence-electron chi connectivity index (χ1n) is 11.3. The maximum atomic E-state index is 13.4. The maximum absolute atomic E-state index is 13.4. The number of aryl methyl sites for hydroxylation is 1. The Balaban J connectivity index is 1.53. The van der Waals surface area contributed by atoms with Crippen molar-refractivity contribution in [1.82, 2.24) is 9.99 Å². The van der Waals surface area contributed by atoms with Crippen molar-refractivity contribution >= 4 is 62.0 Å². The number of carbonyl (C=O) groups excluding carboxylic acids is 1. The van der Waals surface area contributed by atoms with Crippen LogP contribution in [0.3, 0.4) is 0 Å². The van der Waals surface area contributed by atoms with Crippen LogP contribution in [0, 0.1) is 17.4 Å². The Morgan fingerprint density at radius 3 is 2.32 bits per heavy atom. The van der Waals surface area contributed by atoms with Crippen molar-refractivity contribution in [3.63, 3.8) is 0 Å². The fraction of sp³-hybridized carbons (Fsp3) is 0.111. The second kappa shape index (κ2) is 11.5. The molecular weight excluding hydrogens is 623 g/mol. The lowest BCUT2D eigenvalue weighted by molar-refractivity contribution is -0.119. The summed E-state index contributed by atoms with van der Waals surface area (Å²) >= 11 is 8.15. The Morgan fingerprint density at radius 2 is 1.68 bits per heavy atom. The standard InChI is InChI=1S/C27H24ClIN4O3S/c1-19-16-21(20(2)33(19)25-12-8-22(28)9-13-25)17-30-31-27(34)18-32(24-14-10-23(29)11-15-24)37(35,36)26-6-4-3-5-7-26/h3-17H,18H2,1-2H3,(H,31,34)/b30-17-. The average Bonchev–Trinajstić information content (AvgIpc) is 3.17. The molecule has 4 rings (SSSR count). The predicted octanol–water partition coefficient (Wildman–Crippen LogP) is 5.70. The quantitative estimate of drug-likeness (QED) is 0.152. The molecule has 0 bridgehead atoms. The van der Waals surface area contributed by atoms with E-state index in [9.17, 15) is 13.2 Å². The third kappa shape index (κ3) is 6.23. The van der Waals surface area contributed by atoms with Gasteiger partial charge in [0.25, 0.3) is 15.9 Å². The van der Waals surface area contributed by atoms with Crippen LogP contribution in [0.2, 0.25) is 5.02 Å². The van der Waals surface area contributed by atoms with E-state index < -0.39 is 22.5 Å². The fourth-order valence-corrected chi connectivity index (χ4v) is 5.82. The van der Waals surface area contributed by atoms with E-state index in [4.69, 9.17) is 11.6 Å². The second-order valence-corrected chi connectivity index (χ2v) is 11.8. The van der Waals surface area contributed by atoms with E-state index in [-0.39, 0.29) is 4.90 Å². The minimum atomic E-state index is -3.98. The number of nitrogens with one attached hydrogen (secondary N) is 1. The summed E-state index contributed by atoms with van der Waals surface area (Å²) in [6.45, 7) is 3.50. The first-order chi connectivity index (χ1) is 17.7. The lowest BCUT2D eigenvalue weighted by Crippen LogP contribution is -2.39. The number of hydrazone groups is 1. The van der Waals surface area contributed by atoms with Crippen LogP contribution in [0.4, 0.5) is 5.69 Å². The maximum Gasteiger partial charge on any atom is 0.264 e. The number of halogens is 2. The van der Waals surface area contributed by atoms with Gasteiger partial charge >= 0.3 is 0 Å². The number of rotatable bonds is 8. The van der Waals surface area contributed by atoms with Gasteiger partial charge in [0.2, 0.25) is 0 Å². The SMILES string of the molecule is Cc1cc(/C=N\NC(=O)CN(c2ccc(I)cc2)S(=O)(=O)c2ccccc2)c(C)n1-c1ccc(Cl)cc1. The molecule has 0 aliphatic rings. The number of amides is 1. The number of hydrogen-bond donors (Lipinski definition) is 1. The van der Waals surface area contributed by atoms with E-state index in [1.165, 1.54) is 12.1 Å². The molecule has 1 aromatic heterocycles. The number of nitrogens with zero attached hydrogens (tertiary/aromatic N) is 3. The highest BCUT2D eigenvalue weighted by atomic mass is 127. The Labute approximate surface area is 235 Å². The normalized spacial score (nSPS) is 11.6. The Bertz CT molecular complexity index is 1540. The molecule has 37 heavy (non-hydrogen) atoms. The average molecular weight is 647 g/mol. The number of aromatic nitrogens is 1. The molecule has 0 radical (unpaired) electrons. The molecule has 1 amide bonds. The van der Waals surface area contributed by atoms with Crippen LogP contribution in [0.1, 0.15) is 17.0 Å². The molecule has 0 unspecified atom stereocenters. The summed E-state index contributed by atoms with van der Waals surface area (Å²) in [4.78, 5) is 12.9. The summed E-state index contributed by atoms with van der Waals surface area (Å²) in [6, 6.07) is 24.4. The van der Waals surface area contributed by atoms with E-state index in [0.717, 1.165) is 30.5 Å². The number of carbonyl (C=O) groups is 1. The summed E-state index contributed by atoms with van der Waals surface area (Å²) in [5.74, 6) is -0.569. The topological polar surface area (TPSA) is 83.8 Å². The molecular formula is C27H24ClIN4O3S. The van der Waals surface area contributed by atoms with Crippen LogP contribution in [0.5, 0.6) is 0 Å². The van der Waals surface area contributed by atoms with Gasteiger partial charge in [0, 0.05) is 31.2 Å². The highest BCUT2D eigenvalue weighted by molar-refractivity contribution is 14.1. The summed E-state index contributed by atoms with van der Waals surface area (Å²) in [7, 11) is -3.98. The van der Waals surface area contributed by atoms with Gasteiger partial charge in [-0.15, -0.1) is 0 Å². The van der Waals surface area contributed by atoms with Crippen molar-refractivity contribution in [2.45, 2.75) is 18.7 Å². The fourth-order valence-electron chi connectivity index (χ4n) is 3.89. The number of sulfonamides is 1. The zero-order chi connectivity index (χ0) is 26.6. The van der Waals surface area contributed by atoms with Gasteiger partial charge in [-0.05, 0) is 103 Å². The minimum absolute atomic E-state index is 0.0968. The first-order valence-corrected chi connectivity index (χ1v) is 14.2. The Kier molecular flexibility index (Phi) is 8.35. The second-order valence-electron chi connectivity index (χ2n) is 8.23. The summed E-state index contributed by atoms with van der Waals surface area (Å²) < 4.78 is 30.9. The van der Waals surface area contributed by atoms with E-state index in [2.05, 4.69) is 37.7 Å². The van der Waals surface area contributed by atoms with E-state index in [0.29, 0.717) is 10.7 Å². The highest BCUT2D eigenvalue weighted by Gasteiger charge is 2.27. The summed E-state index contributed by atoms with van der Waals surface area (Å²) in [6.07, 6.45) is 1.55. The largest absolute Gasteiger partial charge is 0.318 e. The molecule has 190 valence electrons.